The Balaban J connectivity index is 0.000000344. The molecule has 144 valence electrons. The Labute approximate surface area is 195 Å². The summed E-state index contributed by atoms with van der Waals surface area (Å²) in [7, 11) is 1.92. The van der Waals surface area contributed by atoms with Gasteiger partial charge in [0.25, 0.3) is 0 Å². The molecule has 0 N–H and O–H groups in total. The van der Waals surface area contributed by atoms with Gasteiger partial charge in [-0.05, 0) is 36.5 Å². The van der Waals surface area contributed by atoms with Crippen LogP contribution in [0.15, 0.2) is 48.5 Å². The van der Waals surface area contributed by atoms with Crippen LogP contribution in [0.1, 0.15) is 30.9 Å². The molecule has 28 heavy (non-hydrogen) atoms. The Hall–Kier alpha value is -1.03. The van der Waals surface area contributed by atoms with Gasteiger partial charge in [0, 0.05) is 19.3 Å². The predicted molar refractivity (Wildman–Crippen MR) is 112 cm³/mol. The molecule has 4 heteroatoms. The maximum absolute atomic E-state index is 13.0. The fourth-order valence-electron chi connectivity index (χ4n) is 4.42. The molecule has 3 nitrogen and oxygen atoms in total. The molecule has 0 fully saturated rings. The first-order chi connectivity index (χ1) is 13.1. The predicted octanol–water partition coefficient (Wildman–Crippen LogP) is 4.08. The quantitative estimate of drug-likeness (QED) is 0.641. The Morgan fingerprint density at radius 2 is 2.00 bits per heavy atom. The van der Waals surface area contributed by atoms with Crippen LogP contribution in [0.5, 0.6) is 0 Å². The van der Waals surface area contributed by atoms with Crippen molar-refractivity contribution in [3.63, 3.8) is 0 Å². The first-order valence-electron chi connectivity index (χ1n) is 9.75. The zero-order valence-electron chi connectivity index (χ0n) is 17.0. The third-order valence-electron chi connectivity index (χ3n) is 5.59. The van der Waals surface area contributed by atoms with Crippen LogP contribution in [-0.4, -0.2) is 37.5 Å². The largest absolute Gasteiger partial charge is 3.00 e. The normalized spacial score (nSPS) is 19.6. The number of hydrogen-bond donors (Lipinski definition) is 0. The van der Waals surface area contributed by atoms with Crippen LogP contribution in [0, 0.1) is 19.4 Å². The minimum Gasteiger partial charge on any atom is -0.361 e. The van der Waals surface area contributed by atoms with Gasteiger partial charge in [-0.3, -0.25) is 4.79 Å². The molecule has 0 radical (unpaired) electrons. The molecule has 0 spiro atoms. The van der Waals surface area contributed by atoms with E-state index in [-0.39, 0.29) is 44.0 Å². The van der Waals surface area contributed by atoms with Gasteiger partial charge < -0.3 is 23.1 Å². The Morgan fingerprint density at radius 3 is 2.57 bits per heavy atom. The van der Waals surface area contributed by atoms with Gasteiger partial charge in [0.1, 0.15) is 0 Å². The average Bonchev–Trinajstić information content (AvgIpc) is 2.93. The molecular formula is C24H29N2OY. The number of carbonyl (C=O) groups is 1. The van der Waals surface area contributed by atoms with E-state index in [0.29, 0.717) is 0 Å². The number of hydrogen-bond acceptors (Lipinski definition) is 2. The van der Waals surface area contributed by atoms with Crippen LogP contribution in [-0.2, 0) is 49.3 Å². The van der Waals surface area contributed by atoms with Gasteiger partial charge in [-0.15, -0.1) is 13.1 Å². The van der Waals surface area contributed by atoms with E-state index < -0.39 is 0 Å². The number of nitrogens with zero attached hydrogens (tertiary/aromatic N) is 2. The standard InChI is InChI=1S/C18H24N2O.C6H5.Y/c1-4-12-20(5-2)13-18-11-7-9-14-8-6-10-15(16(14)18)19(3)17(18)21;1-2-4-6-5-3-1;/h4,6,8,10H,2,5,7,9,11-13H2,1,3H3;1-5H;/q-2;-1;+3. The first kappa shape index (κ1) is 23.3. The van der Waals surface area contributed by atoms with Crippen LogP contribution in [0.25, 0.3) is 0 Å². The second-order valence-corrected chi connectivity index (χ2v) is 7.33. The summed E-state index contributed by atoms with van der Waals surface area (Å²) in [6, 6.07) is 18.9. The van der Waals surface area contributed by atoms with Gasteiger partial charge >= 0.3 is 32.7 Å². The van der Waals surface area contributed by atoms with E-state index in [1.165, 1.54) is 11.1 Å². The van der Waals surface area contributed by atoms with Crippen molar-refractivity contribution in [1.29, 1.82) is 0 Å². The molecule has 2 aromatic carbocycles. The summed E-state index contributed by atoms with van der Waals surface area (Å²) >= 11 is 0. The molecule has 1 aliphatic heterocycles. The second kappa shape index (κ2) is 10.7. The van der Waals surface area contributed by atoms with Crippen LogP contribution in [0.3, 0.4) is 0 Å². The number of carbonyl (C=O) groups excluding carboxylic acids is 1. The van der Waals surface area contributed by atoms with Gasteiger partial charge in [0.05, 0.1) is 5.41 Å². The monoisotopic (exact) mass is 450 g/mol. The van der Waals surface area contributed by atoms with Crippen molar-refractivity contribution in [3.05, 3.63) is 79.1 Å². The zero-order chi connectivity index (χ0) is 19.3. The van der Waals surface area contributed by atoms with Crippen molar-refractivity contribution in [2.24, 2.45) is 0 Å². The van der Waals surface area contributed by atoms with Crippen LogP contribution in [0.4, 0.5) is 5.69 Å². The summed E-state index contributed by atoms with van der Waals surface area (Å²) in [6.07, 6.45) is 5.29. The zero-order valence-corrected chi connectivity index (χ0v) is 19.9. The van der Waals surface area contributed by atoms with E-state index in [0.717, 1.165) is 44.6 Å². The van der Waals surface area contributed by atoms with E-state index in [1.807, 2.05) is 42.3 Å². The SMILES string of the molecule is [CH2-]CN(C[CH-]C)CC12CCCc3cccc(c31)N(C)C2=O.[Y+3].[c-]1ccccc1. The number of anilines is 1. The Kier molecular flexibility index (Phi) is 8.86. The molecule has 2 aromatic rings. The summed E-state index contributed by atoms with van der Waals surface area (Å²) in [4.78, 5) is 17.2. The molecule has 1 heterocycles. The van der Waals surface area contributed by atoms with Gasteiger partial charge in [-0.25, -0.2) is 0 Å². The molecular weight excluding hydrogens is 421 g/mol. The van der Waals surface area contributed by atoms with Gasteiger partial charge in [-0.1, -0.05) is 12.1 Å². The van der Waals surface area contributed by atoms with Gasteiger partial charge in [0.2, 0.25) is 5.91 Å². The summed E-state index contributed by atoms with van der Waals surface area (Å²) in [5.74, 6) is 0.263. The average molecular weight is 450 g/mol. The summed E-state index contributed by atoms with van der Waals surface area (Å²) < 4.78 is 0. The van der Waals surface area contributed by atoms with Crippen molar-refractivity contribution in [3.8, 4) is 0 Å². The molecule has 0 bridgehead atoms. The van der Waals surface area contributed by atoms with E-state index >= 15 is 0 Å². The Bertz CT molecular complexity index is 738. The molecule has 0 aromatic heterocycles. The number of rotatable bonds is 5. The number of benzene rings is 2. The summed E-state index contributed by atoms with van der Waals surface area (Å²) in [5, 5.41) is 0. The molecule has 2 aliphatic rings. The molecule has 1 aliphatic carbocycles. The second-order valence-electron chi connectivity index (χ2n) is 7.33. The molecule has 1 atom stereocenters. The number of amides is 1. The molecule has 4 rings (SSSR count). The third-order valence-corrected chi connectivity index (χ3v) is 5.59. The van der Waals surface area contributed by atoms with Crippen molar-refractivity contribution >= 4 is 11.6 Å². The minimum atomic E-state index is -0.348. The number of aryl methyl sites for hydroxylation is 1. The van der Waals surface area contributed by atoms with Gasteiger partial charge in [0.15, 0.2) is 0 Å². The smallest absolute Gasteiger partial charge is 0.361 e. The Morgan fingerprint density at radius 1 is 1.25 bits per heavy atom. The molecule has 0 saturated carbocycles. The summed E-state index contributed by atoms with van der Waals surface area (Å²) in [6.45, 7) is 8.50. The fraction of sp³-hybridized carbons (Fsp3) is 0.375. The van der Waals surface area contributed by atoms with Crippen LogP contribution >= 0.6 is 0 Å². The fourth-order valence-corrected chi connectivity index (χ4v) is 4.42. The summed E-state index contributed by atoms with van der Waals surface area (Å²) in [5.41, 5.74) is 3.42. The molecule has 1 amide bonds. The first-order valence-corrected chi connectivity index (χ1v) is 9.75. The topological polar surface area (TPSA) is 23.6 Å². The maximum atomic E-state index is 13.0. The maximum Gasteiger partial charge on any atom is 3.00 e. The minimum absolute atomic E-state index is 0. The van der Waals surface area contributed by atoms with E-state index in [9.17, 15) is 4.79 Å². The van der Waals surface area contributed by atoms with Crippen molar-refractivity contribution in [2.75, 3.05) is 31.6 Å². The van der Waals surface area contributed by atoms with Gasteiger partial charge in [-0.2, -0.15) is 43.3 Å². The van der Waals surface area contributed by atoms with E-state index in [2.05, 4.69) is 49.4 Å². The molecule has 0 saturated heterocycles. The third kappa shape index (κ3) is 4.58. The van der Waals surface area contributed by atoms with E-state index in [1.54, 1.807) is 0 Å². The molecule has 1 unspecified atom stereocenters. The van der Waals surface area contributed by atoms with Crippen LogP contribution in [0.2, 0.25) is 0 Å². The van der Waals surface area contributed by atoms with E-state index in [4.69, 9.17) is 0 Å². The number of likely N-dealkylation sites (N-methyl/N-ethyl adjacent to an activating group) is 1. The van der Waals surface area contributed by atoms with Crippen molar-refractivity contribution in [1.82, 2.24) is 4.90 Å². The van der Waals surface area contributed by atoms with Crippen molar-refractivity contribution in [2.45, 2.75) is 31.6 Å². The van der Waals surface area contributed by atoms with Crippen molar-refractivity contribution < 1.29 is 37.5 Å². The van der Waals surface area contributed by atoms with Crippen LogP contribution < -0.4 is 4.90 Å².